The topological polar surface area (TPSA) is 92.8 Å². The Labute approximate surface area is 169 Å². The summed E-state index contributed by atoms with van der Waals surface area (Å²) in [6, 6.07) is 7.80. The van der Waals surface area contributed by atoms with Crippen LogP contribution in [0, 0.1) is 29.6 Å². The number of anilines is 1. The Kier molecular flexibility index (Phi) is 4.98. The molecule has 3 amide bonds. The lowest BCUT2D eigenvalue weighted by Gasteiger charge is -2.28. The van der Waals surface area contributed by atoms with E-state index in [9.17, 15) is 19.2 Å². The van der Waals surface area contributed by atoms with Crippen molar-refractivity contribution in [1.29, 1.82) is 0 Å². The van der Waals surface area contributed by atoms with Gasteiger partial charge in [-0.3, -0.25) is 19.3 Å². The van der Waals surface area contributed by atoms with Crippen LogP contribution in [0.4, 0.5) is 5.69 Å². The number of ether oxygens (including phenoxy) is 1. The molecule has 1 N–H and O–H groups in total. The zero-order valence-electron chi connectivity index (χ0n) is 16.4. The summed E-state index contributed by atoms with van der Waals surface area (Å²) >= 11 is 0. The molecule has 7 nitrogen and oxygen atoms in total. The van der Waals surface area contributed by atoms with Gasteiger partial charge in [0.2, 0.25) is 11.8 Å². The van der Waals surface area contributed by atoms with E-state index < -0.39 is 24.5 Å². The van der Waals surface area contributed by atoms with Crippen LogP contribution in [-0.2, 0) is 23.9 Å². The van der Waals surface area contributed by atoms with Crippen molar-refractivity contribution >= 4 is 29.4 Å². The molecule has 1 saturated heterocycles. The lowest BCUT2D eigenvalue weighted by Crippen LogP contribution is -2.50. The van der Waals surface area contributed by atoms with Crippen molar-refractivity contribution in [3.8, 4) is 0 Å². The number of carbonyl (C=O) groups excluding carboxylic acids is 4. The molecular formula is C22H24N2O5. The Hall–Kier alpha value is -2.96. The van der Waals surface area contributed by atoms with E-state index in [1.54, 1.807) is 38.1 Å². The first kappa shape index (κ1) is 19.4. The minimum atomic E-state index is -1.02. The second-order valence-corrected chi connectivity index (χ2v) is 8.26. The van der Waals surface area contributed by atoms with Gasteiger partial charge < -0.3 is 10.1 Å². The molecule has 0 unspecified atom stereocenters. The lowest BCUT2D eigenvalue weighted by atomic mass is 9.85. The Bertz CT molecular complexity index is 848. The molecule has 2 bridgehead atoms. The highest BCUT2D eigenvalue weighted by atomic mass is 16.5. The van der Waals surface area contributed by atoms with Crippen LogP contribution >= 0.6 is 0 Å². The average molecular weight is 396 g/mol. The van der Waals surface area contributed by atoms with Crippen molar-refractivity contribution in [3.63, 3.8) is 0 Å². The molecule has 29 heavy (non-hydrogen) atoms. The molecule has 1 saturated carbocycles. The standard InChI is InChI=1S/C22H24N2O5/c1-12(2)19(22(28)29-11-16(25)23-15-6-4-3-5-7-15)24-20(26)17-13-8-9-14(10-13)18(17)21(24)27/h3-9,12-14,17-19H,10-11H2,1-2H3,(H,23,25)/t13-,14-,17-,18+,19-/m0/s1. The predicted molar refractivity (Wildman–Crippen MR) is 104 cm³/mol. The average Bonchev–Trinajstić information content (AvgIpc) is 3.37. The molecule has 1 aromatic carbocycles. The fourth-order valence-corrected chi connectivity index (χ4v) is 4.82. The Balaban J connectivity index is 1.43. The summed E-state index contributed by atoms with van der Waals surface area (Å²) in [4.78, 5) is 51.9. The number of likely N-dealkylation sites (tertiary alicyclic amines) is 1. The number of nitrogens with zero attached hydrogens (tertiary/aromatic N) is 1. The SMILES string of the molecule is CC(C)[C@@H](C(=O)OCC(=O)Nc1ccccc1)N1C(=O)[C@@H]2[C@H](C1=O)[C@H]1C=C[C@H]2C1. The predicted octanol–water partition coefficient (Wildman–Crippen LogP) is 2.00. The van der Waals surface area contributed by atoms with Crippen molar-refractivity contribution in [2.24, 2.45) is 29.6 Å². The van der Waals surface area contributed by atoms with Crippen LogP contribution in [-0.4, -0.2) is 41.2 Å². The van der Waals surface area contributed by atoms with E-state index in [0.717, 1.165) is 11.3 Å². The highest BCUT2D eigenvalue weighted by Crippen LogP contribution is 2.53. The molecule has 152 valence electrons. The number of imide groups is 1. The van der Waals surface area contributed by atoms with Gasteiger partial charge in [-0.15, -0.1) is 0 Å². The van der Waals surface area contributed by atoms with Gasteiger partial charge in [0.15, 0.2) is 6.61 Å². The number of fused-ring (bicyclic) bond motifs is 5. The number of amides is 3. The van der Waals surface area contributed by atoms with Gasteiger partial charge >= 0.3 is 5.97 Å². The van der Waals surface area contributed by atoms with Gasteiger partial charge in [-0.25, -0.2) is 4.79 Å². The minimum Gasteiger partial charge on any atom is -0.454 e. The van der Waals surface area contributed by atoms with E-state index in [4.69, 9.17) is 4.74 Å². The van der Waals surface area contributed by atoms with Crippen LogP contribution in [0.1, 0.15) is 20.3 Å². The van der Waals surface area contributed by atoms with E-state index in [0.29, 0.717) is 5.69 Å². The molecule has 1 heterocycles. The summed E-state index contributed by atoms with van der Waals surface area (Å²) < 4.78 is 5.19. The third-order valence-electron chi connectivity index (χ3n) is 6.06. The van der Waals surface area contributed by atoms with E-state index in [2.05, 4.69) is 5.32 Å². The van der Waals surface area contributed by atoms with Crippen LogP contribution < -0.4 is 5.32 Å². The molecule has 5 atom stereocenters. The quantitative estimate of drug-likeness (QED) is 0.451. The first-order valence-corrected chi connectivity index (χ1v) is 9.95. The first-order valence-electron chi connectivity index (χ1n) is 9.95. The number of nitrogens with one attached hydrogen (secondary N) is 1. The van der Waals surface area contributed by atoms with E-state index in [1.165, 1.54) is 0 Å². The number of benzene rings is 1. The molecule has 4 rings (SSSR count). The maximum Gasteiger partial charge on any atom is 0.330 e. The molecule has 2 fully saturated rings. The summed E-state index contributed by atoms with van der Waals surface area (Å²) in [6.45, 7) is 3.04. The van der Waals surface area contributed by atoms with Crippen LogP contribution in [0.2, 0.25) is 0 Å². The summed E-state index contributed by atoms with van der Waals surface area (Å²) in [5.41, 5.74) is 0.592. The van der Waals surface area contributed by atoms with Gasteiger partial charge in [-0.05, 0) is 36.3 Å². The fourth-order valence-electron chi connectivity index (χ4n) is 4.82. The Morgan fingerprint density at radius 3 is 2.21 bits per heavy atom. The third-order valence-corrected chi connectivity index (χ3v) is 6.06. The van der Waals surface area contributed by atoms with Gasteiger partial charge in [-0.2, -0.15) is 0 Å². The first-order chi connectivity index (χ1) is 13.9. The lowest BCUT2D eigenvalue weighted by molar-refractivity contribution is -0.162. The largest absolute Gasteiger partial charge is 0.454 e. The number of rotatable bonds is 6. The van der Waals surface area contributed by atoms with Crippen molar-refractivity contribution in [3.05, 3.63) is 42.5 Å². The Morgan fingerprint density at radius 2 is 1.66 bits per heavy atom. The van der Waals surface area contributed by atoms with Crippen molar-refractivity contribution in [1.82, 2.24) is 4.90 Å². The number of hydrogen-bond donors (Lipinski definition) is 1. The Morgan fingerprint density at radius 1 is 1.07 bits per heavy atom. The molecule has 1 aliphatic heterocycles. The zero-order valence-corrected chi connectivity index (χ0v) is 16.4. The van der Waals surface area contributed by atoms with Crippen LogP contribution in [0.3, 0.4) is 0 Å². The molecule has 1 aromatic rings. The number of allylic oxidation sites excluding steroid dienone is 2. The number of esters is 1. The van der Waals surface area contributed by atoms with Gasteiger partial charge in [0.1, 0.15) is 6.04 Å². The second kappa shape index (κ2) is 7.46. The number of hydrogen-bond acceptors (Lipinski definition) is 5. The highest BCUT2D eigenvalue weighted by molar-refractivity contribution is 6.09. The summed E-state index contributed by atoms with van der Waals surface area (Å²) in [7, 11) is 0. The van der Waals surface area contributed by atoms with Crippen LogP contribution in [0.5, 0.6) is 0 Å². The molecule has 7 heteroatoms. The maximum absolute atomic E-state index is 13.0. The summed E-state index contributed by atoms with van der Waals surface area (Å²) in [5.74, 6) is -2.70. The number of carbonyl (C=O) groups is 4. The summed E-state index contributed by atoms with van der Waals surface area (Å²) in [5, 5.41) is 2.63. The highest BCUT2D eigenvalue weighted by Gasteiger charge is 2.61. The minimum absolute atomic E-state index is 0.0759. The maximum atomic E-state index is 13.0. The molecule has 0 spiro atoms. The van der Waals surface area contributed by atoms with Gasteiger partial charge in [0.25, 0.3) is 5.91 Å². The van der Waals surface area contributed by atoms with Crippen LogP contribution in [0.15, 0.2) is 42.5 Å². The fraction of sp³-hybridized carbons (Fsp3) is 0.455. The monoisotopic (exact) mass is 396 g/mol. The second-order valence-electron chi connectivity index (χ2n) is 8.26. The molecular weight excluding hydrogens is 372 g/mol. The molecule has 3 aliphatic rings. The van der Waals surface area contributed by atoms with Crippen molar-refractivity contribution < 1.29 is 23.9 Å². The van der Waals surface area contributed by atoms with E-state index in [1.807, 2.05) is 18.2 Å². The molecule has 0 radical (unpaired) electrons. The van der Waals surface area contributed by atoms with E-state index >= 15 is 0 Å². The molecule has 0 aromatic heterocycles. The normalized spacial score (nSPS) is 28.0. The van der Waals surface area contributed by atoms with Gasteiger partial charge in [-0.1, -0.05) is 44.2 Å². The van der Waals surface area contributed by atoms with Gasteiger partial charge in [0, 0.05) is 5.69 Å². The smallest absolute Gasteiger partial charge is 0.330 e. The third kappa shape index (κ3) is 3.34. The zero-order chi connectivity index (χ0) is 20.7. The van der Waals surface area contributed by atoms with Crippen LogP contribution in [0.25, 0.3) is 0 Å². The molecule has 2 aliphatic carbocycles. The number of para-hydroxylation sites is 1. The van der Waals surface area contributed by atoms with E-state index in [-0.39, 0.29) is 41.4 Å². The van der Waals surface area contributed by atoms with Crippen molar-refractivity contribution in [2.75, 3.05) is 11.9 Å². The summed E-state index contributed by atoms with van der Waals surface area (Å²) in [6.07, 6.45) is 4.85. The van der Waals surface area contributed by atoms with Crippen molar-refractivity contribution in [2.45, 2.75) is 26.3 Å². The van der Waals surface area contributed by atoms with Gasteiger partial charge in [0.05, 0.1) is 11.8 Å².